The number of amides is 2. The number of benzene rings is 1. The maximum absolute atomic E-state index is 13.0. The first-order chi connectivity index (χ1) is 9.71. The monoisotopic (exact) mass is 308 g/mol. The predicted octanol–water partition coefficient (Wildman–Crippen LogP) is 1.08. The minimum atomic E-state index is -4.88. The molecule has 0 aromatic heterocycles. The number of nitrogens with two attached hydrogens (primary N) is 1. The zero-order valence-electron chi connectivity index (χ0n) is 10.7. The number of hydrogen-bond acceptors (Lipinski definition) is 3. The molecule has 0 saturated carbocycles. The van der Waals surface area contributed by atoms with Gasteiger partial charge in [0.15, 0.2) is 0 Å². The molecule has 1 aromatic carbocycles. The number of alkyl halides is 3. The highest BCUT2D eigenvalue weighted by atomic mass is 19.4. The predicted molar refractivity (Wildman–Crippen MR) is 63.7 cm³/mol. The van der Waals surface area contributed by atoms with Crippen LogP contribution in [0.4, 0.5) is 17.6 Å². The molecule has 0 fully saturated rings. The summed E-state index contributed by atoms with van der Waals surface area (Å²) in [5, 5.41) is 2.26. The number of hydrogen-bond donors (Lipinski definition) is 2. The Balaban J connectivity index is 2.61. The van der Waals surface area contributed by atoms with Crippen molar-refractivity contribution in [1.82, 2.24) is 5.32 Å². The maximum atomic E-state index is 13.0. The number of carbonyl (C=O) groups is 2. The van der Waals surface area contributed by atoms with Crippen molar-refractivity contribution in [1.29, 1.82) is 0 Å². The van der Waals surface area contributed by atoms with Crippen molar-refractivity contribution < 1.29 is 31.9 Å². The van der Waals surface area contributed by atoms with E-state index in [4.69, 9.17) is 10.5 Å². The van der Waals surface area contributed by atoms with Crippen molar-refractivity contribution in [2.45, 2.75) is 6.18 Å². The second kappa shape index (κ2) is 7.02. The van der Waals surface area contributed by atoms with E-state index in [0.29, 0.717) is 12.1 Å². The van der Waals surface area contributed by atoms with Gasteiger partial charge in [0.2, 0.25) is 5.91 Å². The van der Waals surface area contributed by atoms with Gasteiger partial charge < -0.3 is 15.8 Å². The largest absolute Gasteiger partial charge is 0.419 e. The van der Waals surface area contributed by atoms with Crippen LogP contribution in [-0.4, -0.2) is 31.6 Å². The number of ether oxygens (including phenoxy) is 1. The van der Waals surface area contributed by atoms with Crippen LogP contribution in [0.2, 0.25) is 0 Å². The Morgan fingerprint density at radius 3 is 2.52 bits per heavy atom. The lowest BCUT2D eigenvalue weighted by Gasteiger charge is -2.10. The van der Waals surface area contributed by atoms with Crippen molar-refractivity contribution in [2.24, 2.45) is 5.73 Å². The molecule has 0 spiro atoms. The van der Waals surface area contributed by atoms with Crippen LogP contribution in [0, 0.1) is 5.82 Å². The summed E-state index contributed by atoms with van der Waals surface area (Å²) in [5.41, 5.74) is 2.96. The molecule has 0 atom stereocenters. The SMILES string of the molecule is NC(=O)COCCNC(=O)c1ccc(F)c(C(F)(F)F)c1. The molecule has 0 unspecified atom stereocenters. The lowest BCUT2D eigenvalue weighted by molar-refractivity contribution is -0.140. The molecule has 0 bridgehead atoms. The Morgan fingerprint density at radius 1 is 1.29 bits per heavy atom. The molecule has 2 amide bonds. The molecule has 3 N–H and O–H groups in total. The van der Waals surface area contributed by atoms with Crippen LogP contribution in [0.3, 0.4) is 0 Å². The average Bonchev–Trinajstić information content (AvgIpc) is 2.36. The van der Waals surface area contributed by atoms with Crippen molar-refractivity contribution in [3.8, 4) is 0 Å². The van der Waals surface area contributed by atoms with E-state index in [1.54, 1.807) is 0 Å². The molecule has 0 saturated heterocycles. The summed E-state index contributed by atoms with van der Waals surface area (Å²) in [5.74, 6) is -2.96. The summed E-state index contributed by atoms with van der Waals surface area (Å²) in [4.78, 5) is 21.9. The Hall–Kier alpha value is -2.16. The second-order valence-electron chi connectivity index (χ2n) is 3.97. The van der Waals surface area contributed by atoms with Gasteiger partial charge in [0.25, 0.3) is 5.91 Å². The van der Waals surface area contributed by atoms with Gasteiger partial charge in [-0.2, -0.15) is 13.2 Å². The molecule has 1 rings (SSSR count). The molecule has 116 valence electrons. The molecule has 0 aliphatic carbocycles. The molecular formula is C12H12F4N2O3. The summed E-state index contributed by atoms with van der Waals surface area (Å²) in [6, 6.07) is 1.93. The second-order valence-corrected chi connectivity index (χ2v) is 3.97. The van der Waals surface area contributed by atoms with Crippen molar-refractivity contribution in [3.05, 3.63) is 35.1 Å². The van der Waals surface area contributed by atoms with Gasteiger partial charge >= 0.3 is 6.18 Å². The minimum Gasteiger partial charge on any atom is -0.370 e. The van der Waals surface area contributed by atoms with Crippen molar-refractivity contribution >= 4 is 11.8 Å². The van der Waals surface area contributed by atoms with Gasteiger partial charge in [-0.3, -0.25) is 9.59 Å². The third kappa shape index (κ3) is 5.38. The summed E-state index contributed by atoms with van der Waals surface area (Å²) >= 11 is 0. The average molecular weight is 308 g/mol. The third-order valence-corrected chi connectivity index (χ3v) is 2.31. The van der Waals surface area contributed by atoms with E-state index in [-0.39, 0.29) is 25.3 Å². The highest BCUT2D eigenvalue weighted by Crippen LogP contribution is 2.31. The number of halogens is 4. The van der Waals surface area contributed by atoms with E-state index < -0.39 is 29.4 Å². The van der Waals surface area contributed by atoms with Crippen LogP contribution in [0.25, 0.3) is 0 Å². The van der Waals surface area contributed by atoms with Crippen LogP contribution in [-0.2, 0) is 15.7 Å². The lowest BCUT2D eigenvalue weighted by Crippen LogP contribution is -2.29. The Morgan fingerprint density at radius 2 is 1.95 bits per heavy atom. The first-order valence-corrected chi connectivity index (χ1v) is 5.73. The summed E-state index contributed by atoms with van der Waals surface area (Å²) in [6.07, 6.45) is -4.88. The Kier molecular flexibility index (Phi) is 5.65. The smallest absolute Gasteiger partial charge is 0.370 e. The summed E-state index contributed by atoms with van der Waals surface area (Å²) in [6.45, 7) is -0.405. The van der Waals surface area contributed by atoms with Crippen LogP contribution >= 0.6 is 0 Å². The van der Waals surface area contributed by atoms with E-state index >= 15 is 0 Å². The van der Waals surface area contributed by atoms with Gasteiger partial charge in [-0.15, -0.1) is 0 Å². The normalized spacial score (nSPS) is 11.2. The van der Waals surface area contributed by atoms with E-state index in [1.807, 2.05) is 0 Å². The molecule has 0 aliphatic rings. The molecule has 0 radical (unpaired) electrons. The first kappa shape index (κ1) is 16.9. The van der Waals surface area contributed by atoms with Gasteiger partial charge in [-0.1, -0.05) is 0 Å². The van der Waals surface area contributed by atoms with Gasteiger partial charge in [0.05, 0.1) is 12.2 Å². The van der Waals surface area contributed by atoms with E-state index in [2.05, 4.69) is 5.32 Å². The van der Waals surface area contributed by atoms with Crippen LogP contribution < -0.4 is 11.1 Å². The van der Waals surface area contributed by atoms with Crippen LogP contribution in [0.15, 0.2) is 18.2 Å². The first-order valence-electron chi connectivity index (χ1n) is 5.73. The number of primary amides is 1. The van der Waals surface area contributed by atoms with Crippen molar-refractivity contribution in [3.63, 3.8) is 0 Å². The fourth-order valence-corrected chi connectivity index (χ4v) is 1.40. The Labute approximate surface area is 117 Å². The summed E-state index contributed by atoms with van der Waals surface area (Å²) in [7, 11) is 0. The number of rotatable bonds is 6. The number of nitrogens with one attached hydrogen (secondary N) is 1. The van der Waals surface area contributed by atoms with Crippen LogP contribution in [0.5, 0.6) is 0 Å². The van der Waals surface area contributed by atoms with E-state index in [9.17, 15) is 27.2 Å². The van der Waals surface area contributed by atoms with E-state index in [0.717, 1.165) is 6.07 Å². The van der Waals surface area contributed by atoms with Gasteiger partial charge in [0, 0.05) is 12.1 Å². The fraction of sp³-hybridized carbons (Fsp3) is 0.333. The van der Waals surface area contributed by atoms with Gasteiger partial charge in [-0.25, -0.2) is 4.39 Å². The zero-order valence-corrected chi connectivity index (χ0v) is 10.7. The Bertz CT molecular complexity index is 532. The minimum absolute atomic E-state index is 0.0369. The van der Waals surface area contributed by atoms with Crippen LogP contribution in [0.1, 0.15) is 15.9 Å². The quantitative estimate of drug-likeness (QED) is 0.609. The molecule has 9 heteroatoms. The topological polar surface area (TPSA) is 81.4 Å². The molecule has 21 heavy (non-hydrogen) atoms. The summed E-state index contributed by atoms with van der Waals surface area (Å²) < 4.78 is 55.2. The lowest BCUT2D eigenvalue weighted by atomic mass is 10.1. The maximum Gasteiger partial charge on any atom is 0.419 e. The number of carbonyl (C=O) groups excluding carboxylic acids is 2. The van der Waals surface area contributed by atoms with E-state index in [1.165, 1.54) is 0 Å². The van der Waals surface area contributed by atoms with Crippen molar-refractivity contribution in [2.75, 3.05) is 19.8 Å². The fourth-order valence-electron chi connectivity index (χ4n) is 1.40. The molecular weight excluding hydrogens is 296 g/mol. The third-order valence-electron chi connectivity index (χ3n) is 2.31. The zero-order chi connectivity index (χ0) is 16.0. The molecule has 5 nitrogen and oxygen atoms in total. The molecule has 1 aromatic rings. The standard InChI is InChI=1S/C12H12F4N2O3/c13-9-2-1-7(5-8(9)12(14,15)16)11(20)18-3-4-21-6-10(17)19/h1-2,5H,3-4,6H2,(H2,17,19)(H,18,20). The van der Waals surface area contributed by atoms with Gasteiger partial charge in [-0.05, 0) is 18.2 Å². The molecule has 0 heterocycles. The van der Waals surface area contributed by atoms with Gasteiger partial charge in [0.1, 0.15) is 12.4 Å². The highest BCUT2D eigenvalue weighted by Gasteiger charge is 2.34. The molecule has 0 aliphatic heterocycles. The highest BCUT2D eigenvalue weighted by molar-refractivity contribution is 5.94.